The Hall–Kier alpha value is -0.730. The van der Waals surface area contributed by atoms with Crippen LogP contribution in [-0.2, 0) is 16.6 Å². The van der Waals surface area contributed by atoms with Crippen molar-refractivity contribution in [2.45, 2.75) is 39.0 Å². The van der Waals surface area contributed by atoms with Gasteiger partial charge in [0.25, 0.3) is 0 Å². The smallest absolute Gasteiger partial charge is 0.225 e. The monoisotopic (exact) mass is 285 g/mol. The minimum Gasteiger partial charge on any atom is -0.325 e. The summed E-state index contributed by atoms with van der Waals surface area (Å²) in [5.41, 5.74) is 3.87. The van der Waals surface area contributed by atoms with Crippen LogP contribution in [0, 0.1) is 6.92 Å². The Kier molecular flexibility index (Phi) is 3.61. The van der Waals surface area contributed by atoms with Gasteiger partial charge < -0.3 is 5.32 Å². The van der Waals surface area contributed by atoms with Gasteiger partial charge >= 0.3 is 0 Å². The summed E-state index contributed by atoms with van der Waals surface area (Å²) in [6.45, 7) is 6.12. The summed E-state index contributed by atoms with van der Waals surface area (Å²) >= 11 is 12.1. The number of alkyl halides is 1. The first-order valence-electron chi connectivity index (χ1n) is 6.05. The van der Waals surface area contributed by atoms with E-state index in [9.17, 15) is 4.79 Å². The molecule has 0 radical (unpaired) electrons. The number of benzene rings is 1. The van der Waals surface area contributed by atoms with Crippen LogP contribution in [0.5, 0.6) is 0 Å². The maximum atomic E-state index is 11.7. The number of nitrogens with one attached hydrogen (secondary N) is 1. The van der Waals surface area contributed by atoms with E-state index >= 15 is 0 Å². The minimum atomic E-state index is -0.159. The number of halogens is 2. The van der Waals surface area contributed by atoms with Crippen molar-refractivity contribution >= 4 is 34.8 Å². The van der Waals surface area contributed by atoms with E-state index in [0.717, 1.165) is 28.8 Å². The predicted octanol–water partition coefficient (Wildman–Crippen LogP) is 4.05. The molecule has 0 bridgehead atoms. The lowest BCUT2D eigenvalue weighted by Gasteiger charge is -2.34. The SMILES string of the molecule is Cc1c(Cl)c(CCCl)cc2c1NC(=O)CC2(C)C. The Bertz CT molecular complexity index is 509. The molecule has 0 spiro atoms. The average molecular weight is 286 g/mol. The summed E-state index contributed by atoms with van der Waals surface area (Å²) < 4.78 is 0. The summed E-state index contributed by atoms with van der Waals surface area (Å²) in [6.07, 6.45) is 1.25. The fourth-order valence-electron chi connectivity index (χ4n) is 2.52. The molecular weight excluding hydrogens is 269 g/mol. The van der Waals surface area contributed by atoms with Crippen LogP contribution in [0.1, 0.15) is 37.0 Å². The number of anilines is 1. The van der Waals surface area contributed by atoms with E-state index in [0.29, 0.717) is 17.3 Å². The van der Waals surface area contributed by atoms with Crippen LogP contribution in [0.4, 0.5) is 5.69 Å². The second kappa shape index (κ2) is 4.75. The molecule has 1 amide bonds. The first kappa shape index (κ1) is 13.7. The molecule has 2 nitrogen and oxygen atoms in total. The van der Waals surface area contributed by atoms with Gasteiger partial charge in [-0.05, 0) is 30.0 Å². The molecule has 0 saturated heterocycles. The maximum Gasteiger partial charge on any atom is 0.225 e. The summed E-state index contributed by atoms with van der Waals surface area (Å²) in [5, 5.41) is 3.65. The largest absolute Gasteiger partial charge is 0.325 e. The molecule has 2 rings (SSSR count). The van der Waals surface area contributed by atoms with Gasteiger partial charge in [-0.2, -0.15) is 0 Å². The Morgan fingerprint density at radius 1 is 1.44 bits per heavy atom. The molecule has 1 N–H and O–H groups in total. The molecule has 1 aromatic carbocycles. The van der Waals surface area contributed by atoms with Crippen molar-refractivity contribution in [2.75, 3.05) is 11.2 Å². The molecule has 0 aliphatic carbocycles. The molecular formula is C14H17Cl2NO. The maximum absolute atomic E-state index is 11.7. The Labute approximate surface area is 118 Å². The van der Waals surface area contributed by atoms with Crippen LogP contribution in [0.15, 0.2) is 6.07 Å². The number of hydrogen-bond donors (Lipinski definition) is 1. The second-order valence-electron chi connectivity index (χ2n) is 5.45. The van der Waals surface area contributed by atoms with Gasteiger partial charge in [0.1, 0.15) is 0 Å². The third-order valence-electron chi connectivity index (χ3n) is 3.53. The highest BCUT2D eigenvalue weighted by molar-refractivity contribution is 6.32. The summed E-state index contributed by atoms with van der Waals surface area (Å²) in [7, 11) is 0. The molecule has 1 aliphatic rings. The van der Waals surface area contributed by atoms with E-state index in [1.807, 2.05) is 6.92 Å². The van der Waals surface area contributed by atoms with E-state index < -0.39 is 0 Å². The Balaban J connectivity index is 2.64. The normalized spacial score (nSPS) is 17.3. The fraction of sp³-hybridized carbons (Fsp3) is 0.500. The third kappa shape index (κ3) is 2.24. The van der Waals surface area contributed by atoms with E-state index in [1.165, 1.54) is 0 Å². The van der Waals surface area contributed by atoms with Crippen molar-refractivity contribution in [1.29, 1.82) is 0 Å². The first-order chi connectivity index (χ1) is 8.36. The highest BCUT2D eigenvalue weighted by Crippen LogP contribution is 2.42. The van der Waals surface area contributed by atoms with Crippen molar-refractivity contribution < 1.29 is 4.79 Å². The highest BCUT2D eigenvalue weighted by Gasteiger charge is 2.33. The topological polar surface area (TPSA) is 29.1 Å². The number of carbonyl (C=O) groups excluding carboxylic acids is 1. The predicted molar refractivity (Wildman–Crippen MR) is 76.9 cm³/mol. The summed E-state index contributed by atoms with van der Waals surface area (Å²) in [6, 6.07) is 2.09. The number of hydrogen-bond acceptors (Lipinski definition) is 1. The van der Waals surface area contributed by atoms with E-state index in [2.05, 4.69) is 25.2 Å². The number of amides is 1. The lowest BCUT2D eigenvalue weighted by molar-refractivity contribution is -0.117. The highest BCUT2D eigenvalue weighted by atomic mass is 35.5. The van der Waals surface area contributed by atoms with Crippen LogP contribution >= 0.6 is 23.2 Å². The molecule has 0 fully saturated rings. The van der Waals surface area contributed by atoms with E-state index in [1.54, 1.807) is 0 Å². The van der Waals surface area contributed by atoms with Gasteiger partial charge in [-0.3, -0.25) is 4.79 Å². The molecule has 98 valence electrons. The van der Waals surface area contributed by atoms with E-state index in [-0.39, 0.29) is 11.3 Å². The zero-order chi connectivity index (χ0) is 13.5. The van der Waals surface area contributed by atoms with Crippen molar-refractivity contribution in [3.05, 3.63) is 27.8 Å². The fourth-order valence-corrected chi connectivity index (χ4v) is 2.97. The first-order valence-corrected chi connectivity index (χ1v) is 6.96. The molecule has 0 atom stereocenters. The van der Waals surface area contributed by atoms with Crippen molar-refractivity contribution in [1.82, 2.24) is 0 Å². The molecule has 1 aliphatic heterocycles. The Morgan fingerprint density at radius 3 is 2.72 bits per heavy atom. The molecule has 0 aromatic heterocycles. The average Bonchev–Trinajstić information content (AvgIpc) is 2.26. The van der Waals surface area contributed by atoms with Crippen LogP contribution < -0.4 is 5.32 Å². The van der Waals surface area contributed by atoms with Gasteiger partial charge in [-0.25, -0.2) is 0 Å². The number of rotatable bonds is 2. The zero-order valence-corrected chi connectivity index (χ0v) is 12.4. The summed E-state index contributed by atoms with van der Waals surface area (Å²) in [4.78, 5) is 11.7. The second-order valence-corrected chi connectivity index (χ2v) is 6.20. The number of aryl methyl sites for hydroxylation is 1. The lowest BCUT2D eigenvalue weighted by Crippen LogP contribution is -2.33. The number of fused-ring (bicyclic) bond motifs is 1. The Morgan fingerprint density at radius 2 is 2.11 bits per heavy atom. The molecule has 0 unspecified atom stereocenters. The van der Waals surface area contributed by atoms with Gasteiger partial charge in [0.05, 0.1) is 0 Å². The van der Waals surface area contributed by atoms with Gasteiger partial charge in [-0.1, -0.05) is 31.5 Å². The van der Waals surface area contributed by atoms with Crippen molar-refractivity contribution in [3.8, 4) is 0 Å². The molecule has 4 heteroatoms. The summed E-state index contributed by atoms with van der Waals surface area (Å²) in [5.74, 6) is 0.599. The molecule has 18 heavy (non-hydrogen) atoms. The quantitative estimate of drug-likeness (QED) is 0.816. The minimum absolute atomic E-state index is 0.0526. The van der Waals surface area contributed by atoms with Crippen LogP contribution in [0.3, 0.4) is 0 Å². The van der Waals surface area contributed by atoms with Crippen LogP contribution in [-0.4, -0.2) is 11.8 Å². The lowest BCUT2D eigenvalue weighted by atomic mass is 9.76. The molecule has 0 saturated carbocycles. The van der Waals surface area contributed by atoms with Gasteiger partial charge in [0, 0.05) is 28.4 Å². The van der Waals surface area contributed by atoms with Gasteiger partial charge in [-0.15, -0.1) is 11.6 Å². The van der Waals surface area contributed by atoms with Gasteiger partial charge in [0.15, 0.2) is 0 Å². The number of carbonyl (C=O) groups is 1. The third-order valence-corrected chi connectivity index (χ3v) is 4.25. The van der Waals surface area contributed by atoms with Gasteiger partial charge in [0.2, 0.25) is 5.91 Å². The van der Waals surface area contributed by atoms with Crippen molar-refractivity contribution in [3.63, 3.8) is 0 Å². The van der Waals surface area contributed by atoms with E-state index in [4.69, 9.17) is 23.2 Å². The molecule has 1 heterocycles. The van der Waals surface area contributed by atoms with Crippen LogP contribution in [0.2, 0.25) is 5.02 Å². The standard InChI is InChI=1S/C14H17Cl2NO/c1-8-12(16)9(4-5-15)6-10-13(8)17-11(18)7-14(10,2)3/h6H,4-5,7H2,1-3H3,(H,17,18). The molecule has 1 aromatic rings. The van der Waals surface area contributed by atoms with Crippen molar-refractivity contribution in [2.24, 2.45) is 0 Å². The zero-order valence-electron chi connectivity index (χ0n) is 10.9. The van der Waals surface area contributed by atoms with Crippen LogP contribution in [0.25, 0.3) is 0 Å².